The summed E-state index contributed by atoms with van der Waals surface area (Å²) in [5.41, 5.74) is 6.09. The minimum absolute atomic E-state index is 0.0712. The minimum atomic E-state index is -3.89. The monoisotopic (exact) mass is 607 g/mol. The van der Waals surface area contributed by atoms with Gasteiger partial charge in [-0.2, -0.15) is 0 Å². The number of phosphoric acid groups is 1. The van der Waals surface area contributed by atoms with Crippen LogP contribution in [0, 0.1) is 18.8 Å². The number of rotatable bonds is 12. The molecule has 1 heterocycles. The average molecular weight is 608 g/mol. The number of hydrogen-bond acceptors (Lipinski definition) is 5. The number of phosphoric ester groups is 1. The fraction of sp³-hybridized carbons (Fsp3) is 0.270. The van der Waals surface area contributed by atoms with Gasteiger partial charge >= 0.3 is 7.82 Å². The highest BCUT2D eigenvalue weighted by Gasteiger charge is 2.36. The summed E-state index contributed by atoms with van der Waals surface area (Å²) in [6, 6.07) is 35.4. The van der Waals surface area contributed by atoms with E-state index in [1.165, 1.54) is 11.1 Å². The lowest BCUT2D eigenvalue weighted by Crippen LogP contribution is -2.30. The fourth-order valence-corrected chi connectivity index (χ4v) is 6.26. The Morgan fingerprint density at radius 2 is 1.32 bits per heavy atom. The van der Waals surface area contributed by atoms with Crippen LogP contribution in [0.2, 0.25) is 0 Å². The van der Waals surface area contributed by atoms with Crippen LogP contribution >= 0.6 is 7.82 Å². The second-order valence-electron chi connectivity index (χ2n) is 11.0. The molecule has 1 aliphatic rings. The topological polar surface area (TPSA) is 65.1 Å². The number of benzene rings is 4. The van der Waals surface area contributed by atoms with Crippen LogP contribution < -0.4 is 0 Å². The first-order valence-corrected chi connectivity index (χ1v) is 16.5. The zero-order valence-corrected chi connectivity index (χ0v) is 26.0. The van der Waals surface area contributed by atoms with Crippen LogP contribution in [0.15, 0.2) is 109 Å². The van der Waals surface area contributed by atoms with Crippen molar-refractivity contribution in [3.8, 4) is 11.8 Å². The van der Waals surface area contributed by atoms with E-state index in [1.54, 1.807) is 4.90 Å². The second-order valence-corrected chi connectivity index (χ2v) is 12.6. The molecule has 4 aromatic carbocycles. The summed E-state index contributed by atoms with van der Waals surface area (Å²) < 4.78 is 31.2. The first-order valence-electron chi connectivity index (χ1n) is 15.0. The molecule has 0 radical (unpaired) electrons. The molecule has 1 aliphatic heterocycles. The van der Waals surface area contributed by atoms with E-state index in [0.717, 1.165) is 35.1 Å². The number of nitrogens with zero attached hydrogens (tertiary/aromatic N) is 1. The molecule has 0 spiro atoms. The molecule has 0 bridgehead atoms. The van der Waals surface area contributed by atoms with Crippen LogP contribution in [0.4, 0.5) is 0 Å². The standard InChI is InChI=1S/C37H38NO5P/c1-30-15-17-32(18-16-30)23-24-33-21-19-31(20-22-33)13-8-14-37(39)38-26-25-36(27-38)43-44(40,41-28-34-9-4-2-5-10-34)42-29-35-11-6-3-7-12-35/h2-7,9-12,15-22,36H,8,13-14,25-29H2,1H3/t36-/m1/s1. The molecule has 0 aromatic heterocycles. The molecular formula is C37H38NO5P. The Kier molecular flexibility index (Phi) is 11.2. The van der Waals surface area contributed by atoms with Crippen LogP contribution in [-0.2, 0) is 42.6 Å². The molecule has 1 saturated heterocycles. The highest BCUT2D eigenvalue weighted by atomic mass is 31.2. The van der Waals surface area contributed by atoms with Gasteiger partial charge in [0.15, 0.2) is 0 Å². The van der Waals surface area contributed by atoms with Gasteiger partial charge in [0.05, 0.1) is 19.3 Å². The third kappa shape index (κ3) is 9.77. The smallest absolute Gasteiger partial charge is 0.340 e. The Morgan fingerprint density at radius 1 is 0.773 bits per heavy atom. The fourth-order valence-electron chi connectivity index (χ4n) is 4.91. The van der Waals surface area contributed by atoms with E-state index in [-0.39, 0.29) is 19.1 Å². The van der Waals surface area contributed by atoms with E-state index in [9.17, 15) is 9.36 Å². The summed E-state index contributed by atoms with van der Waals surface area (Å²) in [6.45, 7) is 3.17. The van der Waals surface area contributed by atoms with E-state index < -0.39 is 13.9 Å². The lowest BCUT2D eigenvalue weighted by molar-refractivity contribution is -0.130. The molecule has 1 fully saturated rings. The summed E-state index contributed by atoms with van der Waals surface area (Å²) in [5.74, 6) is 6.48. The van der Waals surface area contributed by atoms with Gasteiger partial charge in [-0.3, -0.25) is 18.4 Å². The molecule has 226 valence electrons. The predicted molar refractivity (Wildman–Crippen MR) is 173 cm³/mol. The van der Waals surface area contributed by atoms with Crippen LogP contribution in [0.1, 0.15) is 52.6 Å². The molecule has 1 atom stereocenters. The van der Waals surface area contributed by atoms with Gasteiger partial charge in [-0.15, -0.1) is 0 Å². The highest BCUT2D eigenvalue weighted by molar-refractivity contribution is 7.48. The zero-order valence-electron chi connectivity index (χ0n) is 25.1. The van der Waals surface area contributed by atoms with Crippen molar-refractivity contribution in [1.29, 1.82) is 0 Å². The quantitative estimate of drug-likeness (QED) is 0.121. The normalized spacial score (nSPS) is 14.7. The van der Waals surface area contributed by atoms with Crippen molar-refractivity contribution in [1.82, 2.24) is 4.90 Å². The summed E-state index contributed by atoms with van der Waals surface area (Å²) in [7, 11) is -3.89. The number of hydrogen-bond donors (Lipinski definition) is 0. The molecule has 44 heavy (non-hydrogen) atoms. The molecule has 1 amide bonds. The molecular weight excluding hydrogens is 569 g/mol. The number of amides is 1. The van der Waals surface area contributed by atoms with Gasteiger partial charge in [0.1, 0.15) is 0 Å². The number of carbonyl (C=O) groups is 1. The van der Waals surface area contributed by atoms with Gasteiger partial charge in [-0.1, -0.05) is 102 Å². The third-order valence-corrected chi connectivity index (χ3v) is 8.90. The number of carbonyl (C=O) groups excluding carboxylic acids is 1. The van der Waals surface area contributed by atoms with E-state index >= 15 is 0 Å². The van der Waals surface area contributed by atoms with Crippen LogP contribution in [0.3, 0.4) is 0 Å². The van der Waals surface area contributed by atoms with Crippen molar-refractivity contribution in [2.75, 3.05) is 13.1 Å². The molecule has 0 aliphatic carbocycles. The molecule has 6 nitrogen and oxygen atoms in total. The summed E-state index contributed by atoms with van der Waals surface area (Å²) in [4.78, 5) is 14.8. The first-order chi connectivity index (χ1) is 21.4. The van der Waals surface area contributed by atoms with Crippen LogP contribution in [0.25, 0.3) is 0 Å². The molecule has 0 unspecified atom stereocenters. The average Bonchev–Trinajstić information content (AvgIpc) is 3.52. The highest BCUT2D eigenvalue weighted by Crippen LogP contribution is 2.53. The maximum absolute atomic E-state index is 13.7. The van der Waals surface area contributed by atoms with Gasteiger partial charge in [0.25, 0.3) is 0 Å². The van der Waals surface area contributed by atoms with Crippen LogP contribution in [0.5, 0.6) is 0 Å². The maximum Gasteiger partial charge on any atom is 0.475 e. The third-order valence-electron chi connectivity index (χ3n) is 7.45. The van der Waals surface area contributed by atoms with Crippen molar-refractivity contribution in [2.24, 2.45) is 0 Å². The molecule has 4 aromatic rings. The zero-order chi connectivity index (χ0) is 30.6. The number of aryl methyl sites for hydroxylation is 2. The Hall–Kier alpha value is -3.98. The second kappa shape index (κ2) is 15.7. The summed E-state index contributed by atoms with van der Waals surface area (Å²) in [6.07, 6.45) is 2.14. The van der Waals surface area contributed by atoms with E-state index in [1.807, 2.05) is 84.9 Å². The van der Waals surface area contributed by atoms with Crippen LogP contribution in [-0.4, -0.2) is 30.0 Å². The van der Waals surface area contributed by atoms with E-state index in [0.29, 0.717) is 25.9 Å². The number of likely N-dealkylation sites (tertiary alicyclic amines) is 1. The van der Waals surface area contributed by atoms with Crippen molar-refractivity contribution in [3.05, 3.63) is 143 Å². The molecule has 0 saturated carbocycles. The first kappa shape index (κ1) is 31.4. The lowest BCUT2D eigenvalue weighted by Gasteiger charge is -2.22. The predicted octanol–water partition coefficient (Wildman–Crippen LogP) is 7.88. The molecule has 5 rings (SSSR count). The summed E-state index contributed by atoms with van der Waals surface area (Å²) >= 11 is 0. The Balaban J connectivity index is 1.09. The SMILES string of the molecule is Cc1ccc(C#Cc2ccc(CCCC(=O)N3CC[C@@H](OP(=O)(OCc4ccccc4)OCc4ccccc4)C3)cc2)cc1. The van der Waals surface area contributed by atoms with Gasteiger partial charge in [0.2, 0.25) is 5.91 Å². The van der Waals surface area contributed by atoms with Gasteiger partial charge < -0.3 is 4.90 Å². The van der Waals surface area contributed by atoms with Gasteiger partial charge in [-0.25, -0.2) is 4.57 Å². The van der Waals surface area contributed by atoms with Crippen molar-refractivity contribution >= 4 is 13.7 Å². The minimum Gasteiger partial charge on any atom is -0.340 e. The largest absolute Gasteiger partial charge is 0.475 e. The lowest BCUT2D eigenvalue weighted by atomic mass is 10.1. The Morgan fingerprint density at radius 3 is 1.89 bits per heavy atom. The maximum atomic E-state index is 13.7. The van der Waals surface area contributed by atoms with Gasteiger partial charge in [-0.05, 0) is 67.1 Å². The van der Waals surface area contributed by atoms with Gasteiger partial charge in [0, 0.05) is 30.6 Å². The summed E-state index contributed by atoms with van der Waals surface area (Å²) in [5, 5.41) is 0. The Bertz CT molecular complexity index is 1550. The van der Waals surface area contributed by atoms with Crippen molar-refractivity contribution < 1.29 is 22.9 Å². The van der Waals surface area contributed by atoms with Crippen molar-refractivity contribution in [3.63, 3.8) is 0 Å². The van der Waals surface area contributed by atoms with Crippen molar-refractivity contribution in [2.45, 2.75) is 51.9 Å². The molecule has 0 N–H and O–H groups in total. The van der Waals surface area contributed by atoms with E-state index in [4.69, 9.17) is 13.6 Å². The van der Waals surface area contributed by atoms with E-state index in [2.05, 4.69) is 43.0 Å². The Labute approximate surface area is 260 Å². The molecule has 7 heteroatoms.